The molecule has 0 heterocycles. The van der Waals surface area contributed by atoms with Gasteiger partial charge in [-0.15, -0.1) is 0 Å². The standard InChI is InChI=1S/C15H29NO3S/c1-20(18,19)15-9-5-8-14(12-15)16(10-11-17)13-6-3-2-4-7-13/h13-15,17H,2-12H2,1H3. The quantitative estimate of drug-likeness (QED) is 0.843. The largest absolute Gasteiger partial charge is 0.395 e. The van der Waals surface area contributed by atoms with Crippen LogP contribution in [-0.2, 0) is 9.84 Å². The molecule has 0 aromatic heterocycles. The van der Waals surface area contributed by atoms with Gasteiger partial charge in [0.25, 0.3) is 0 Å². The van der Waals surface area contributed by atoms with Gasteiger partial charge in [-0.05, 0) is 32.1 Å². The molecule has 0 spiro atoms. The normalized spacial score (nSPS) is 29.8. The summed E-state index contributed by atoms with van der Waals surface area (Å²) in [6, 6.07) is 0.901. The lowest BCUT2D eigenvalue weighted by atomic mass is 9.88. The second-order valence-corrected chi connectivity index (χ2v) is 8.85. The van der Waals surface area contributed by atoms with Crippen LogP contribution in [0.25, 0.3) is 0 Å². The third kappa shape index (κ3) is 4.18. The van der Waals surface area contributed by atoms with Crippen molar-refractivity contribution in [1.82, 2.24) is 4.90 Å². The molecule has 2 saturated carbocycles. The highest BCUT2D eigenvalue weighted by atomic mass is 32.2. The van der Waals surface area contributed by atoms with E-state index in [1.54, 1.807) is 0 Å². The molecular formula is C15H29NO3S. The smallest absolute Gasteiger partial charge is 0.150 e. The molecule has 2 atom stereocenters. The van der Waals surface area contributed by atoms with E-state index in [9.17, 15) is 13.5 Å². The zero-order valence-corrected chi connectivity index (χ0v) is 13.4. The predicted molar refractivity (Wildman–Crippen MR) is 81.6 cm³/mol. The van der Waals surface area contributed by atoms with E-state index in [1.807, 2.05) is 0 Å². The number of nitrogens with zero attached hydrogens (tertiary/aromatic N) is 1. The van der Waals surface area contributed by atoms with E-state index in [4.69, 9.17) is 0 Å². The highest BCUT2D eigenvalue weighted by Crippen LogP contribution is 2.32. The number of rotatable bonds is 5. The SMILES string of the molecule is CS(=O)(=O)C1CCCC(N(CCO)C2CCCCC2)C1. The topological polar surface area (TPSA) is 57.6 Å². The predicted octanol–water partition coefficient (Wildman–Crippen LogP) is 1.97. The van der Waals surface area contributed by atoms with Crippen molar-refractivity contribution in [3.63, 3.8) is 0 Å². The molecule has 20 heavy (non-hydrogen) atoms. The zero-order chi connectivity index (χ0) is 14.6. The Kier molecular flexibility index (Phi) is 5.87. The summed E-state index contributed by atoms with van der Waals surface area (Å²) in [5.74, 6) is 0. The molecule has 0 saturated heterocycles. The van der Waals surface area contributed by atoms with E-state index in [1.165, 1.54) is 38.4 Å². The number of aliphatic hydroxyl groups excluding tert-OH is 1. The minimum absolute atomic E-state index is 0.175. The Labute approximate surface area is 123 Å². The number of sulfone groups is 1. The van der Waals surface area contributed by atoms with Gasteiger partial charge < -0.3 is 5.11 Å². The maximum atomic E-state index is 11.8. The first kappa shape index (κ1) is 16.2. The lowest BCUT2D eigenvalue weighted by Gasteiger charge is -2.42. The van der Waals surface area contributed by atoms with Gasteiger partial charge in [-0.3, -0.25) is 4.90 Å². The Morgan fingerprint density at radius 1 is 1.00 bits per heavy atom. The van der Waals surface area contributed by atoms with E-state index in [0.717, 1.165) is 25.7 Å². The highest BCUT2D eigenvalue weighted by molar-refractivity contribution is 7.91. The van der Waals surface area contributed by atoms with Crippen LogP contribution < -0.4 is 0 Å². The van der Waals surface area contributed by atoms with Gasteiger partial charge in [0.2, 0.25) is 0 Å². The lowest BCUT2D eigenvalue weighted by Crippen LogP contribution is -2.49. The van der Waals surface area contributed by atoms with Gasteiger partial charge in [-0.1, -0.05) is 25.7 Å². The molecule has 0 aromatic rings. The Bertz CT molecular complexity index is 390. The van der Waals surface area contributed by atoms with E-state index < -0.39 is 9.84 Å². The monoisotopic (exact) mass is 303 g/mol. The average Bonchev–Trinajstić information content (AvgIpc) is 2.45. The van der Waals surface area contributed by atoms with Crippen LogP contribution in [0.2, 0.25) is 0 Å². The van der Waals surface area contributed by atoms with Crippen molar-refractivity contribution in [1.29, 1.82) is 0 Å². The third-order valence-electron chi connectivity index (χ3n) is 5.07. The number of aliphatic hydroxyl groups is 1. The molecule has 0 amide bonds. The van der Waals surface area contributed by atoms with E-state index in [0.29, 0.717) is 18.6 Å². The zero-order valence-electron chi connectivity index (χ0n) is 12.6. The fourth-order valence-electron chi connectivity index (χ4n) is 4.00. The Balaban J connectivity index is 2.04. The molecule has 4 nitrogen and oxygen atoms in total. The van der Waals surface area contributed by atoms with Crippen molar-refractivity contribution < 1.29 is 13.5 Å². The van der Waals surface area contributed by atoms with E-state index >= 15 is 0 Å². The van der Waals surface area contributed by atoms with Crippen LogP contribution in [0.5, 0.6) is 0 Å². The van der Waals surface area contributed by atoms with Crippen molar-refractivity contribution in [3.05, 3.63) is 0 Å². The van der Waals surface area contributed by atoms with Gasteiger partial charge in [-0.25, -0.2) is 8.42 Å². The van der Waals surface area contributed by atoms with Gasteiger partial charge in [0.15, 0.2) is 0 Å². The van der Waals surface area contributed by atoms with Crippen LogP contribution in [0, 0.1) is 0 Å². The van der Waals surface area contributed by atoms with Gasteiger partial charge in [0, 0.05) is 24.9 Å². The molecule has 2 aliphatic carbocycles. The van der Waals surface area contributed by atoms with Crippen LogP contribution in [0.15, 0.2) is 0 Å². The Hall–Kier alpha value is -0.130. The molecule has 2 rings (SSSR count). The molecule has 2 aliphatic rings. The van der Waals surface area contributed by atoms with Crippen LogP contribution >= 0.6 is 0 Å². The maximum Gasteiger partial charge on any atom is 0.150 e. The van der Waals surface area contributed by atoms with Crippen molar-refractivity contribution in [2.75, 3.05) is 19.4 Å². The summed E-state index contributed by atoms with van der Waals surface area (Å²) >= 11 is 0. The van der Waals surface area contributed by atoms with Gasteiger partial charge in [-0.2, -0.15) is 0 Å². The maximum absolute atomic E-state index is 11.8. The fourth-order valence-corrected chi connectivity index (χ4v) is 5.17. The number of hydrogen-bond donors (Lipinski definition) is 1. The Morgan fingerprint density at radius 2 is 1.65 bits per heavy atom. The van der Waals surface area contributed by atoms with Gasteiger partial charge >= 0.3 is 0 Å². The van der Waals surface area contributed by atoms with E-state index in [2.05, 4.69) is 4.90 Å². The molecule has 0 bridgehead atoms. The van der Waals surface area contributed by atoms with Crippen molar-refractivity contribution in [2.24, 2.45) is 0 Å². The summed E-state index contributed by atoms with van der Waals surface area (Å²) in [5, 5.41) is 9.19. The van der Waals surface area contributed by atoms with Crippen LogP contribution in [-0.4, -0.2) is 55.2 Å². The van der Waals surface area contributed by atoms with Crippen molar-refractivity contribution in [3.8, 4) is 0 Å². The molecule has 2 unspecified atom stereocenters. The molecule has 0 aromatic carbocycles. The van der Waals surface area contributed by atoms with Crippen molar-refractivity contribution in [2.45, 2.75) is 75.1 Å². The Morgan fingerprint density at radius 3 is 2.25 bits per heavy atom. The summed E-state index contributed by atoms with van der Waals surface area (Å²) in [4.78, 5) is 2.43. The molecule has 2 fully saturated rings. The first-order valence-electron chi connectivity index (χ1n) is 8.08. The molecule has 0 radical (unpaired) electrons. The average molecular weight is 303 g/mol. The molecular weight excluding hydrogens is 274 g/mol. The lowest BCUT2D eigenvalue weighted by molar-refractivity contribution is 0.0628. The second kappa shape index (κ2) is 7.23. The highest BCUT2D eigenvalue weighted by Gasteiger charge is 2.34. The van der Waals surface area contributed by atoms with E-state index in [-0.39, 0.29) is 11.9 Å². The summed E-state index contributed by atoms with van der Waals surface area (Å²) in [6.45, 7) is 0.877. The van der Waals surface area contributed by atoms with Crippen LogP contribution in [0.3, 0.4) is 0 Å². The van der Waals surface area contributed by atoms with Gasteiger partial charge in [0.1, 0.15) is 9.84 Å². The second-order valence-electron chi connectivity index (χ2n) is 6.53. The molecule has 5 heteroatoms. The fraction of sp³-hybridized carbons (Fsp3) is 1.00. The molecule has 1 N–H and O–H groups in total. The number of hydrogen-bond acceptors (Lipinski definition) is 4. The molecule has 118 valence electrons. The van der Waals surface area contributed by atoms with Crippen molar-refractivity contribution >= 4 is 9.84 Å². The first-order valence-corrected chi connectivity index (χ1v) is 10.0. The summed E-state index contributed by atoms with van der Waals surface area (Å²) < 4.78 is 23.6. The van der Waals surface area contributed by atoms with Crippen LogP contribution in [0.4, 0.5) is 0 Å². The van der Waals surface area contributed by atoms with Crippen LogP contribution in [0.1, 0.15) is 57.8 Å². The molecule has 0 aliphatic heterocycles. The summed E-state index contributed by atoms with van der Waals surface area (Å²) in [5.41, 5.74) is 0. The summed E-state index contributed by atoms with van der Waals surface area (Å²) in [7, 11) is -2.93. The third-order valence-corrected chi connectivity index (χ3v) is 6.71. The first-order chi connectivity index (χ1) is 9.52. The summed E-state index contributed by atoms with van der Waals surface area (Å²) in [6.07, 6.45) is 11.3. The minimum Gasteiger partial charge on any atom is -0.395 e. The van der Waals surface area contributed by atoms with Gasteiger partial charge in [0.05, 0.1) is 11.9 Å². The minimum atomic E-state index is -2.93.